The molecule has 21 heavy (non-hydrogen) atoms. The van der Waals surface area contributed by atoms with Crippen LogP contribution >= 0.6 is 0 Å². The van der Waals surface area contributed by atoms with E-state index in [2.05, 4.69) is 5.10 Å². The number of carbonyl (C=O) groups is 1. The van der Waals surface area contributed by atoms with E-state index < -0.39 is 9.84 Å². The van der Waals surface area contributed by atoms with Crippen LogP contribution in [-0.2, 0) is 16.4 Å². The highest BCUT2D eigenvalue weighted by molar-refractivity contribution is 7.91. The number of rotatable bonds is 2. The summed E-state index contributed by atoms with van der Waals surface area (Å²) in [6, 6.07) is 1.37. The molecule has 1 aromatic heterocycles. The van der Waals surface area contributed by atoms with Crippen LogP contribution in [0.3, 0.4) is 0 Å². The molecule has 2 heterocycles. The average Bonchev–Trinajstić information content (AvgIpc) is 2.84. The zero-order chi connectivity index (χ0) is 15.8. The van der Waals surface area contributed by atoms with Crippen molar-refractivity contribution in [2.75, 3.05) is 18.1 Å². The number of aromatic nitrogens is 2. The summed E-state index contributed by atoms with van der Waals surface area (Å²) in [5, 5.41) is 4.23. The van der Waals surface area contributed by atoms with E-state index in [9.17, 15) is 13.2 Å². The normalized spacial score (nSPS) is 22.3. The van der Waals surface area contributed by atoms with Crippen molar-refractivity contribution in [2.45, 2.75) is 40.3 Å². The minimum absolute atomic E-state index is 0.0245. The lowest BCUT2D eigenvalue weighted by Crippen LogP contribution is -2.56. The second-order valence-corrected chi connectivity index (χ2v) is 8.78. The maximum absolute atomic E-state index is 12.7. The summed E-state index contributed by atoms with van der Waals surface area (Å²) < 4.78 is 25.5. The Hall–Kier alpha value is -1.37. The number of hydrogen-bond donors (Lipinski definition) is 0. The molecule has 2 rings (SSSR count). The summed E-state index contributed by atoms with van der Waals surface area (Å²) >= 11 is 0. The van der Waals surface area contributed by atoms with Gasteiger partial charge in [0.1, 0.15) is 5.69 Å². The maximum Gasteiger partial charge on any atom is 0.274 e. The van der Waals surface area contributed by atoms with Gasteiger partial charge in [0.25, 0.3) is 5.91 Å². The Kier molecular flexibility index (Phi) is 4.15. The molecule has 1 aromatic rings. The fourth-order valence-corrected chi connectivity index (χ4v) is 4.37. The minimum atomic E-state index is -3.08. The van der Waals surface area contributed by atoms with Gasteiger partial charge in [-0.1, -0.05) is 20.8 Å². The van der Waals surface area contributed by atoms with Gasteiger partial charge in [0, 0.05) is 19.3 Å². The predicted molar refractivity (Wildman–Crippen MR) is 80.8 cm³/mol. The maximum atomic E-state index is 12.7. The van der Waals surface area contributed by atoms with Gasteiger partial charge in [-0.05, 0) is 18.4 Å². The smallest absolute Gasteiger partial charge is 0.274 e. The minimum Gasteiger partial charge on any atom is -0.332 e. The van der Waals surface area contributed by atoms with E-state index >= 15 is 0 Å². The molecule has 1 aliphatic rings. The van der Waals surface area contributed by atoms with Crippen molar-refractivity contribution in [3.63, 3.8) is 0 Å². The van der Waals surface area contributed by atoms with Gasteiger partial charge in [-0.2, -0.15) is 5.10 Å². The van der Waals surface area contributed by atoms with E-state index in [0.29, 0.717) is 12.2 Å². The first-order valence-corrected chi connectivity index (χ1v) is 9.01. The van der Waals surface area contributed by atoms with E-state index in [1.165, 1.54) is 0 Å². The first-order chi connectivity index (χ1) is 9.64. The Morgan fingerprint density at radius 1 is 1.43 bits per heavy atom. The second-order valence-electron chi connectivity index (χ2n) is 6.55. The van der Waals surface area contributed by atoms with Crippen LogP contribution in [0.4, 0.5) is 0 Å². The van der Waals surface area contributed by atoms with Gasteiger partial charge < -0.3 is 4.90 Å². The van der Waals surface area contributed by atoms with Crippen LogP contribution in [0.2, 0.25) is 0 Å². The molecular weight excluding hydrogens is 290 g/mol. The summed E-state index contributed by atoms with van der Waals surface area (Å²) in [7, 11) is -3.08. The van der Waals surface area contributed by atoms with Crippen molar-refractivity contribution < 1.29 is 13.2 Å². The summed E-state index contributed by atoms with van der Waals surface area (Å²) in [5.74, 6) is -0.131. The molecule has 1 aliphatic heterocycles. The van der Waals surface area contributed by atoms with E-state index in [1.54, 1.807) is 21.8 Å². The van der Waals surface area contributed by atoms with E-state index in [4.69, 9.17) is 0 Å². The first kappa shape index (κ1) is 16.0. The van der Waals surface area contributed by atoms with E-state index in [0.717, 1.165) is 0 Å². The molecular formula is C14H23N3O3S. The van der Waals surface area contributed by atoms with Crippen LogP contribution in [0.25, 0.3) is 0 Å². The summed E-state index contributed by atoms with van der Waals surface area (Å²) in [6.45, 7) is 8.77. The third kappa shape index (κ3) is 3.45. The molecule has 1 saturated heterocycles. The van der Waals surface area contributed by atoms with Crippen molar-refractivity contribution in [1.82, 2.24) is 14.7 Å². The quantitative estimate of drug-likeness (QED) is 0.822. The molecule has 7 heteroatoms. The van der Waals surface area contributed by atoms with Gasteiger partial charge in [0.05, 0.1) is 17.5 Å². The van der Waals surface area contributed by atoms with Crippen LogP contribution in [0, 0.1) is 5.41 Å². The van der Waals surface area contributed by atoms with Crippen LogP contribution in [-0.4, -0.2) is 53.1 Å². The molecule has 118 valence electrons. The van der Waals surface area contributed by atoms with Crippen molar-refractivity contribution >= 4 is 15.7 Å². The number of hydrogen-bond acceptors (Lipinski definition) is 4. The van der Waals surface area contributed by atoms with Crippen LogP contribution < -0.4 is 0 Å². The third-order valence-corrected chi connectivity index (χ3v) is 5.50. The number of amides is 1. The van der Waals surface area contributed by atoms with Gasteiger partial charge in [-0.25, -0.2) is 8.42 Å². The van der Waals surface area contributed by atoms with Crippen LogP contribution in [0.5, 0.6) is 0 Å². The van der Waals surface area contributed by atoms with Gasteiger partial charge in [0.15, 0.2) is 9.84 Å². The van der Waals surface area contributed by atoms with Crippen molar-refractivity contribution in [2.24, 2.45) is 5.41 Å². The fourth-order valence-electron chi connectivity index (χ4n) is 2.57. The topological polar surface area (TPSA) is 72.3 Å². The second kappa shape index (κ2) is 5.44. The zero-order valence-electron chi connectivity index (χ0n) is 13.0. The monoisotopic (exact) mass is 313 g/mol. The summed E-state index contributed by atoms with van der Waals surface area (Å²) in [4.78, 5) is 14.3. The largest absolute Gasteiger partial charge is 0.332 e. The standard InChI is InChI=1S/C14H23N3O3S/c1-5-16-7-6-11(15-16)13(18)17-8-9-21(19,20)10-12(17)14(2,3)4/h6-7,12H,5,8-10H2,1-4H3. The fraction of sp³-hybridized carbons (Fsp3) is 0.714. The molecule has 0 radical (unpaired) electrons. The average molecular weight is 313 g/mol. The van der Waals surface area contributed by atoms with Gasteiger partial charge in [-0.3, -0.25) is 9.48 Å². The lowest BCUT2D eigenvalue weighted by molar-refractivity contribution is 0.0555. The zero-order valence-corrected chi connectivity index (χ0v) is 13.9. The van der Waals surface area contributed by atoms with Gasteiger partial charge in [0.2, 0.25) is 0 Å². The lowest BCUT2D eigenvalue weighted by atomic mass is 9.86. The molecule has 0 saturated carbocycles. The highest BCUT2D eigenvalue weighted by atomic mass is 32.2. The molecule has 0 spiro atoms. The Labute approximate surface area is 126 Å². The van der Waals surface area contributed by atoms with E-state index in [-0.39, 0.29) is 35.4 Å². The summed E-state index contributed by atoms with van der Waals surface area (Å²) in [6.07, 6.45) is 1.76. The number of sulfone groups is 1. The Bertz CT molecular complexity index is 628. The van der Waals surface area contributed by atoms with E-state index in [1.807, 2.05) is 27.7 Å². The molecule has 1 atom stereocenters. The lowest BCUT2D eigenvalue weighted by Gasteiger charge is -2.42. The molecule has 1 amide bonds. The third-order valence-electron chi connectivity index (χ3n) is 3.88. The highest BCUT2D eigenvalue weighted by Crippen LogP contribution is 2.29. The highest BCUT2D eigenvalue weighted by Gasteiger charge is 2.41. The molecule has 6 nitrogen and oxygen atoms in total. The molecule has 1 unspecified atom stereocenters. The first-order valence-electron chi connectivity index (χ1n) is 7.19. The molecule has 0 bridgehead atoms. The number of aryl methyl sites for hydroxylation is 1. The Morgan fingerprint density at radius 2 is 2.10 bits per heavy atom. The predicted octanol–water partition coefficient (Wildman–Crippen LogP) is 1.19. The number of nitrogens with zero attached hydrogens (tertiary/aromatic N) is 3. The number of carbonyl (C=O) groups excluding carboxylic acids is 1. The Morgan fingerprint density at radius 3 is 2.62 bits per heavy atom. The van der Waals surface area contributed by atoms with Gasteiger partial charge >= 0.3 is 0 Å². The molecule has 1 fully saturated rings. The van der Waals surface area contributed by atoms with Crippen molar-refractivity contribution in [3.8, 4) is 0 Å². The van der Waals surface area contributed by atoms with Crippen molar-refractivity contribution in [3.05, 3.63) is 18.0 Å². The van der Waals surface area contributed by atoms with Crippen LogP contribution in [0.15, 0.2) is 12.3 Å². The molecule has 0 N–H and O–H groups in total. The van der Waals surface area contributed by atoms with Gasteiger partial charge in [-0.15, -0.1) is 0 Å². The summed E-state index contributed by atoms with van der Waals surface area (Å²) in [5.41, 5.74) is 0.0848. The molecule has 0 aliphatic carbocycles. The van der Waals surface area contributed by atoms with Crippen molar-refractivity contribution in [1.29, 1.82) is 0 Å². The Balaban J connectivity index is 2.29. The van der Waals surface area contributed by atoms with Crippen LogP contribution in [0.1, 0.15) is 38.2 Å². The molecule has 0 aromatic carbocycles. The SMILES string of the molecule is CCn1ccc(C(=O)N2CCS(=O)(=O)CC2C(C)(C)C)n1.